The number of hydrogen-bond acceptors (Lipinski definition) is 3. The minimum Gasteiger partial charge on any atom is -0.444 e. The van der Waals surface area contributed by atoms with Gasteiger partial charge in [0.15, 0.2) is 0 Å². The van der Waals surface area contributed by atoms with Crippen LogP contribution in [0.15, 0.2) is 0 Å². The molecule has 0 spiro atoms. The number of hydrogen-bond donors (Lipinski definition) is 1. The van der Waals surface area contributed by atoms with Gasteiger partial charge < -0.3 is 15.0 Å². The highest BCUT2D eigenvalue weighted by Crippen LogP contribution is 2.33. The lowest BCUT2D eigenvalue weighted by atomic mass is 9.79. The summed E-state index contributed by atoms with van der Waals surface area (Å²) in [5, 5.41) is 3.14. The van der Waals surface area contributed by atoms with Crippen molar-refractivity contribution in [1.82, 2.24) is 10.2 Å². The van der Waals surface area contributed by atoms with Gasteiger partial charge in [-0.25, -0.2) is 4.79 Å². The van der Waals surface area contributed by atoms with Gasteiger partial charge >= 0.3 is 6.09 Å². The van der Waals surface area contributed by atoms with Crippen molar-refractivity contribution in [2.24, 2.45) is 5.41 Å². The predicted molar refractivity (Wildman–Crippen MR) is 64.5 cm³/mol. The van der Waals surface area contributed by atoms with Gasteiger partial charge in [-0.3, -0.25) is 0 Å². The maximum Gasteiger partial charge on any atom is 0.410 e. The van der Waals surface area contributed by atoms with Gasteiger partial charge in [0.05, 0.1) is 0 Å². The third kappa shape index (κ3) is 3.67. The van der Waals surface area contributed by atoms with Crippen LogP contribution in [0.25, 0.3) is 0 Å². The Kier molecular flexibility index (Phi) is 3.84. The summed E-state index contributed by atoms with van der Waals surface area (Å²) in [4.78, 5) is 13.5. The lowest BCUT2D eigenvalue weighted by Gasteiger charge is -2.48. The number of carbonyl (C=O) groups excluding carboxylic acids is 1. The van der Waals surface area contributed by atoms with Gasteiger partial charge in [0.2, 0.25) is 0 Å². The molecule has 1 N–H and O–H groups in total. The highest BCUT2D eigenvalue weighted by atomic mass is 16.6. The zero-order valence-electron chi connectivity index (χ0n) is 11.1. The van der Waals surface area contributed by atoms with Crippen LogP contribution in [0.1, 0.15) is 34.1 Å². The zero-order chi connectivity index (χ0) is 12.4. The van der Waals surface area contributed by atoms with Crippen LogP contribution in [0.4, 0.5) is 4.79 Å². The normalized spacial score (nSPS) is 19.2. The Balaban J connectivity index is 2.32. The Morgan fingerprint density at radius 2 is 2.00 bits per heavy atom. The molecule has 0 atom stereocenters. The Morgan fingerprint density at radius 3 is 2.44 bits per heavy atom. The average molecular weight is 228 g/mol. The van der Waals surface area contributed by atoms with Crippen molar-refractivity contribution in [3.63, 3.8) is 0 Å². The van der Waals surface area contributed by atoms with Crippen molar-refractivity contribution in [2.75, 3.05) is 26.7 Å². The number of ether oxygens (including phenoxy) is 1. The van der Waals surface area contributed by atoms with E-state index in [2.05, 4.69) is 12.2 Å². The van der Waals surface area contributed by atoms with Crippen molar-refractivity contribution in [3.05, 3.63) is 0 Å². The van der Waals surface area contributed by atoms with Crippen LogP contribution in [0.5, 0.6) is 0 Å². The molecule has 0 aliphatic carbocycles. The van der Waals surface area contributed by atoms with Crippen LogP contribution in [-0.2, 0) is 4.74 Å². The Hall–Kier alpha value is -0.770. The standard InChI is InChI=1S/C12H24N2O2/c1-11(2,3)16-10(15)14-8-12(4,9-14)6-7-13-5/h13H,6-9H2,1-5H3. The second-order valence-electron chi connectivity index (χ2n) is 6.00. The fourth-order valence-electron chi connectivity index (χ4n) is 1.92. The van der Waals surface area contributed by atoms with Gasteiger partial charge in [-0.1, -0.05) is 6.92 Å². The summed E-state index contributed by atoms with van der Waals surface area (Å²) in [6.45, 7) is 10.5. The molecule has 0 aromatic carbocycles. The van der Waals surface area contributed by atoms with E-state index >= 15 is 0 Å². The topological polar surface area (TPSA) is 41.6 Å². The first-order valence-corrected chi connectivity index (χ1v) is 5.88. The molecule has 1 heterocycles. The van der Waals surface area contributed by atoms with Crippen LogP contribution in [0, 0.1) is 5.41 Å². The van der Waals surface area contributed by atoms with E-state index in [9.17, 15) is 4.79 Å². The molecule has 4 heteroatoms. The van der Waals surface area contributed by atoms with E-state index in [-0.39, 0.29) is 11.5 Å². The molecule has 0 aromatic rings. The Labute approximate surface area is 98.3 Å². The van der Waals surface area contributed by atoms with Gasteiger partial charge in [0, 0.05) is 18.5 Å². The summed E-state index contributed by atoms with van der Waals surface area (Å²) in [7, 11) is 1.95. The summed E-state index contributed by atoms with van der Waals surface area (Å²) in [6, 6.07) is 0. The third-order valence-electron chi connectivity index (χ3n) is 2.78. The molecular formula is C12H24N2O2. The quantitative estimate of drug-likeness (QED) is 0.801. The van der Waals surface area contributed by atoms with Crippen LogP contribution in [0.3, 0.4) is 0 Å². The number of carbonyl (C=O) groups is 1. The predicted octanol–water partition coefficient (Wildman–Crippen LogP) is 1.85. The minimum absolute atomic E-state index is 0.186. The van der Waals surface area contributed by atoms with E-state index in [4.69, 9.17) is 4.74 Å². The Bertz CT molecular complexity index is 252. The van der Waals surface area contributed by atoms with Gasteiger partial charge in [0.25, 0.3) is 0 Å². The molecule has 0 unspecified atom stereocenters. The van der Waals surface area contributed by atoms with E-state index < -0.39 is 5.60 Å². The Morgan fingerprint density at radius 1 is 1.44 bits per heavy atom. The SMILES string of the molecule is CNCCC1(C)CN(C(=O)OC(C)(C)C)C1. The van der Waals surface area contributed by atoms with Crippen molar-refractivity contribution in [2.45, 2.75) is 39.7 Å². The molecule has 0 saturated carbocycles. The van der Waals surface area contributed by atoms with Crippen LogP contribution >= 0.6 is 0 Å². The number of likely N-dealkylation sites (tertiary alicyclic amines) is 1. The molecular weight excluding hydrogens is 204 g/mol. The molecule has 1 saturated heterocycles. The van der Waals surface area contributed by atoms with E-state index in [1.54, 1.807) is 4.90 Å². The van der Waals surface area contributed by atoms with E-state index in [0.717, 1.165) is 26.1 Å². The molecule has 1 aliphatic rings. The van der Waals surface area contributed by atoms with Crippen molar-refractivity contribution in [1.29, 1.82) is 0 Å². The molecule has 4 nitrogen and oxygen atoms in total. The van der Waals surface area contributed by atoms with Gasteiger partial charge in [0.1, 0.15) is 5.60 Å². The molecule has 0 radical (unpaired) electrons. The first-order chi connectivity index (χ1) is 7.26. The van der Waals surface area contributed by atoms with E-state index in [0.29, 0.717) is 0 Å². The van der Waals surface area contributed by atoms with Gasteiger partial charge in [-0.15, -0.1) is 0 Å². The highest BCUT2D eigenvalue weighted by molar-refractivity contribution is 5.69. The minimum atomic E-state index is -0.395. The molecule has 1 fully saturated rings. The van der Waals surface area contributed by atoms with Crippen LogP contribution < -0.4 is 5.32 Å². The van der Waals surface area contributed by atoms with Gasteiger partial charge in [-0.2, -0.15) is 0 Å². The lowest BCUT2D eigenvalue weighted by molar-refractivity contribution is -0.0302. The second-order valence-corrected chi connectivity index (χ2v) is 6.00. The number of nitrogens with zero attached hydrogens (tertiary/aromatic N) is 1. The van der Waals surface area contributed by atoms with Crippen molar-refractivity contribution >= 4 is 6.09 Å². The molecule has 94 valence electrons. The van der Waals surface area contributed by atoms with E-state index in [1.807, 2.05) is 27.8 Å². The maximum atomic E-state index is 11.7. The molecule has 1 rings (SSSR count). The summed E-state index contributed by atoms with van der Waals surface area (Å²) >= 11 is 0. The van der Waals surface area contributed by atoms with Crippen LogP contribution in [0.2, 0.25) is 0 Å². The first kappa shape index (κ1) is 13.3. The summed E-state index contributed by atoms with van der Waals surface area (Å²) in [5.74, 6) is 0. The van der Waals surface area contributed by atoms with Crippen LogP contribution in [-0.4, -0.2) is 43.3 Å². The third-order valence-corrected chi connectivity index (χ3v) is 2.78. The monoisotopic (exact) mass is 228 g/mol. The zero-order valence-corrected chi connectivity index (χ0v) is 11.1. The van der Waals surface area contributed by atoms with Gasteiger partial charge in [-0.05, 0) is 40.8 Å². The smallest absolute Gasteiger partial charge is 0.410 e. The summed E-state index contributed by atoms with van der Waals surface area (Å²) < 4.78 is 5.31. The fraction of sp³-hybridized carbons (Fsp3) is 0.917. The summed E-state index contributed by atoms with van der Waals surface area (Å²) in [6.07, 6.45) is 0.914. The number of amides is 1. The molecule has 0 aromatic heterocycles. The first-order valence-electron chi connectivity index (χ1n) is 5.88. The summed E-state index contributed by atoms with van der Waals surface area (Å²) in [5.41, 5.74) is -0.131. The lowest BCUT2D eigenvalue weighted by Crippen LogP contribution is -2.58. The fourth-order valence-corrected chi connectivity index (χ4v) is 1.92. The van der Waals surface area contributed by atoms with Crippen molar-refractivity contribution in [3.8, 4) is 0 Å². The molecule has 1 aliphatic heterocycles. The van der Waals surface area contributed by atoms with E-state index in [1.165, 1.54) is 0 Å². The largest absolute Gasteiger partial charge is 0.444 e. The molecule has 1 amide bonds. The number of rotatable bonds is 3. The molecule has 16 heavy (non-hydrogen) atoms. The maximum absolute atomic E-state index is 11.7. The average Bonchev–Trinajstić information content (AvgIpc) is 2.07. The molecule has 0 bridgehead atoms. The second kappa shape index (κ2) is 4.62. The number of nitrogens with one attached hydrogen (secondary N) is 1. The highest BCUT2D eigenvalue weighted by Gasteiger charge is 2.42. The van der Waals surface area contributed by atoms with Crippen molar-refractivity contribution < 1.29 is 9.53 Å².